The highest BCUT2D eigenvalue weighted by molar-refractivity contribution is 5.66. The van der Waals surface area contributed by atoms with E-state index in [2.05, 4.69) is 27.7 Å². The van der Waals surface area contributed by atoms with Gasteiger partial charge in [-0.15, -0.1) is 0 Å². The average molecular weight is 517 g/mol. The summed E-state index contributed by atoms with van der Waals surface area (Å²) in [5.41, 5.74) is 0.109. The largest absolute Gasteiger partial charge is 0.463 e. The second-order valence-electron chi connectivity index (χ2n) is 14.3. The van der Waals surface area contributed by atoms with E-state index in [1.165, 1.54) is 19.8 Å². The lowest BCUT2D eigenvalue weighted by Gasteiger charge is -2.62. The summed E-state index contributed by atoms with van der Waals surface area (Å²) in [6.07, 6.45) is 9.70. The molecule has 0 aromatic rings. The van der Waals surface area contributed by atoms with Gasteiger partial charge in [-0.1, -0.05) is 27.7 Å². The van der Waals surface area contributed by atoms with Crippen molar-refractivity contribution in [2.45, 2.75) is 123 Å². The molecule has 2 saturated heterocycles. The van der Waals surface area contributed by atoms with E-state index in [4.69, 9.17) is 18.9 Å². The summed E-state index contributed by atoms with van der Waals surface area (Å²) in [5.74, 6) is 2.66. The van der Waals surface area contributed by atoms with Gasteiger partial charge in [-0.05, 0) is 86.4 Å². The molecule has 0 unspecified atom stereocenters. The number of ether oxygens (including phenoxy) is 4. The van der Waals surface area contributed by atoms with Gasteiger partial charge in [-0.2, -0.15) is 0 Å². The first-order valence-electron chi connectivity index (χ1n) is 15.1. The summed E-state index contributed by atoms with van der Waals surface area (Å²) in [4.78, 5) is 24.1. The predicted octanol–water partition coefficient (Wildman–Crippen LogP) is 5.91. The van der Waals surface area contributed by atoms with Gasteiger partial charge in [0.05, 0.1) is 12.7 Å². The molecule has 4 aliphatic carbocycles. The fourth-order valence-corrected chi connectivity index (χ4v) is 10.9. The van der Waals surface area contributed by atoms with E-state index in [1.54, 1.807) is 6.92 Å². The first kappa shape index (κ1) is 26.1. The zero-order chi connectivity index (χ0) is 26.3. The van der Waals surface area contributed by atoms with Crippen LogP contribution in [0.15, 0.2) is 0 Å². The molecule has 2 aliphatic heterocycles. The molecule has 208 valence electrons. The van der Waals surface area contributed by atoms with Gasteiger partial charge in [-0.25, -0.2) is 0 Å². The Morgan fingerprint density at radius 1 is 0.865 bits per heavy atom. The third-order valence-corrected chi connectivity index (χ3v) is 12.6. The molecular formula is C31H48O6. The summed E-state index contributed by atoms with van der Waals surface area (Å²) in [5, 5.41) is 0. The summed E-state index contributed by atoms with van der Waals surface area (Å²) >= 11 is 0. The summed E-state index contributed by atoms with van der Waals surface area (Å²) in [6, 6.07) is 0. The van der Waals surface area contributed by atoms with Crippen molar-refractivity contribution in [3.8, 4) is 0 Å². The molecule has 1 spiro atoms. The Labute approximate surface area is 222 Å². The van der Waals surface area contributed by atoms with Crippen LogP contribution in [0, 0.1) is 52.3 Å². The van der Waals surface area contributed by atoms with Crippen LogP contribution in [-0.4, -0.2) is 42.6 Å². The Morgan fingerprint density at radius 3 is 2.30 bits per heavy atom. The van der Waals surface area contributed by atoms with Gasteiger partial charge in [-0.3, -0.25) is 9.59 Å². The van der Waals surface area contributed by atoms with E-state index < -0.39 is 5.79 Å². The molecule has 6 fully saturated rings. The van der Waals surface area contributed by atoms with Crippen LogP contribution in [0.3, 0.4) is 0 Å². The van der Waals surface area contributed by atoms with Crippen LogP contribution >= 0.6 is 0 Å². The maximum Gasteiger partial charge on any atom is 0.302 e. The molecule has 0 radical (unpaired) electrons. The number of hydrogen-bond donors (Lipinski definition) is 0. The van der Waals surface area contributed by atoms with Gasteiger partial charge >= 0.3 is 11.9 Å². The summed E-state index contributed by atoms with van der Waals surface area (Å²) in [7, 11) is 0. The highest BCUT2D eigenvalue weighted by atomic mass is 16.7. The molecule has 6 heteroatoms. The van der Waals surface area contributed by atoms with Crippen LogP contribution in [-0.2, 0) is 28.5 Å². The van der Waals surface area contributed by atoms with Crippen LogP contribution in [0.1, 0.15) is 99.3 Å². The van der Waals surface area contributed by atoms with E-state index in [0.717, 1.165) is 51.6 Å². The minimum Gasteiger partial charge on any atom is -0.463 e. The van der Waals surface area contributed by atoms with Crippen molar-refractivity contribution in [3.63, 3.8) is 0 Å². The molecule has 0 bridgehead atoms. The SMILES string of the molecule is CC(=O)O[C@@H]1CC[C@@]2(C)[C@@H](CC[C@@H]3[C@H]2C[C@H](OC(C)=O)[C@@]2(C)[C@@H]4[C@H](C[C@H]32)O[C@]2(CC[C@H](C)CO2)[C@H]4C)C1. The highest BCUT2D eigenvalue weighted by Gasteiger charge is 2.72. The number of rotatable bonds is 2. The smallest absolute Gasteiger partial charge is 0.302 e. The molecule has 2 heterocycles. The quantitative estimate of drug-likeness (QED) is 0.425. The Balaban J connectivity index is 1.30. The molecule has 6 aliphatic rings. The molecule has 0 N–H and O–H groups in total. The third kappa shape index (κ3) is 3.85. The second-order valence-corrected chi connectivity index (χ2v) is 14.3. The molecular weight excluding hydrogens is 468 g/mol. The summed E-state index contributed by atoms with van der Waals surface area (Å²) in [6.45, 7) is 13.4. The molecule has 0 aromatic heterocycles. The van der Waals surface area contributed by atoms with Gasteiger partial charge in [0.2, 0.25) is 0 Å². The van der Waals surface area contributed by atoms with E-state index in [-0.39, 0.29) is 41.1 Å². The molecule has 4 saturated carbocycles. The second kappa shape index (κ2) is 8.94. The number of hydrogen-bond acceptors (Lipinski definition) is 6. The van der Waals surface area contributed by atoms with Crippen LogP contribution in [0.4, 0.5) is 0 Å². The number of carbonyl (C=O) groups excluding carboxylic acids is 2. The molecule has 0 amide bonds. The molecule has 6 rings (SSSR count). The Hall–Kier alpha value is -1.14. The van der Waals surface area contributed by atoms with E-state index in [0.29, 0.717) is 41.4 Å². The average Bonchev–Trinajstić information content (AvgIpc) is 3.27. The van der Waals surface area contributed by atoms with E-state index in [1.807, 2.05) is 0 Å². The van der Waals surface area contributed by atoms with Crippen molar-refractivity contribution >= 4 is 11.9 Å². The maximum atomic E-state index is 12.5. The van der Waals surface area contributed by atoms with Gasteiger partial charge in [0.25, 0.3) is 0 Å². The topological polar surface area (TPSA) is 71.1 Å². The van der Waals surface area contributed by atoms with Crippen molar-refractivity contribution in [2.75, 3.05) is 6.61 Å². The number of esters is 2. The van der Waals surface area contributed by atoms with E-state index in [9.17, 15) is 9.59 Å². The van der Waals surface area contributed by atoms with Crippen LogP contribution in [0.2, 0.25) is 0 Å². The van der Waals surface area contributed by atoms with Crippen molar-refractivity contribution in [3.05, 3.63) is 0 Å². The number of carbonyl (C=O) groups is 2. The minimum atomic E-state index is -0.466. The monoisotopic (exact) mass is 516 g/mol. The van der Waals surface area contributed by atoms with Gasteiger partial charge < -0.3 is 18.9 Å². The first-order chi connectivity index (χ1) is 17.5. The lowest BCUT2D eigenvalue weighted by Crippen LogP contribution is -2.60. The first-order valence-corrected chi connectivity index (χ1v) is 15.1. The highest BCUT2D eigenvalue weighted by Crippen LogP contribution is 2.71. The molecule has 13 atom stereocenters. The zero-order valence-electron chi connectivity index (χ0n) is 23.8. The van der Waals surface area contributed by atoms with Crippen LogP contribution in [0.25, 0.3) is 0 Å². The van der Waals surface area contributed by atoms with Crippen LogP contribution in [0.5, 0.6) is 0 Å². The van der Waals surface area contributed by atoms with Gasteiger partial charge in [0.1, 0.15) is 12.2 Å². The Bertz CT molecular complexity index is 925. The van der Waals surface area contributed by atoms with Gasteiger partial charge in [0.15, 0.2) is 5.79 Å². The molecule has 0 aromatic carbocycles. The minimum absolute atomic E-state index is 0.0553. The summed E-state index contributed by atoms with van der Waals surface area (Å²) < 4.78 is 25.4. The van der Waals surface area contributed by atoms with Crippen LogP contribution < -0.4 is 0 Å². The zero-order valence-corrected chi connectivity index (χ0v) is 23.8. The fraction of sp³-hybridized carbons (Fsp3) is 0.935. The fourth-order valence-electron chi connectivity index (χ4n) is 10.9. The Kier molecular flexibility index (Phi) is 6.31. The van der Waals surface area contributed by atoms with Gasteiger partial charge in [0, 0.05) is 37.5 Å². The van der Waals surface area contributed by atoms with E-state index >= 15 is 0 Å². The van der Waals surface area contributed by atoms with Crippen molar-refractivity contribution in [2.24, 2.45) is 52.3 Å². The predicted molar refractivity (Wildman–Crippen MR) is 138 cm³/mol. The molecule has 37 heavy (non-hydrogen) atoms. The Morgan fingerprint density at radius 2 is 1.62 bits per heavy atom. The van der Waals surface area contributed by atoms with Crippen molar-refractivity contribution < 1.29 is 28.5 Å². The number of fused-ring (bicyclic) bond motifs is 7. The third-order valence-electron chi connectivity index (χ3n) is 12.6. The van der Waals surface area contributed by atoms with Crippen molar-refractivity contribution in [1.29, 1.82) is 0 Å². The maximum absolute atomic E-state index is 12.5. The molecule has 6 nitrogen and oxygen atoms in total. The van der Waals surface area contributed by atoms with Crippen molar-refractivity contribution in [1.82, 2.24) is 0 Å². The normalized spacial score (nSPS) is 54.5. The lowest BCUT2D eigenvalue weighted by atomic mass is 9.43. The lowest BCUT2D eigenvalue weighted by molar-refractivity contribution is -0.274. The standard InChI is InChI=1S/C31H48O6/c1-17-9-12-31(34-16-17)18(2)28-26(37-31)14-25-23-8-7-21-13-22(35-19(3)32)10-11-29(21,5)24(23)15-27(30(25,28)6)36-20(4)33/h17-18,21-28H,7-16H2,1-6H3/t17-,18-,21-,22+,23+,24+,25+,26-,27-,28-,29-,30-,31+/m0/s1.